The Bertz CT molecular complexity index is 1400. The fraction of sp³-hybridized carbons (Fsp3) is 0.130. The van der Waals surface area contributed by atoms with Crippen LogP contribution < -0.4 is 10.3 Å². The highest BCUT2D eigenvalue weighted by Gasteiger charge is 2.44. The van der Waals surface area contributed by atoms with Crippen LogP contribution in [0.5, 0.6) is 0 Å². The van der Waals surface area contributed by atoms with Crippen molar-refractivity contribution in [3.8, 4) is 0 Å². The van der Waals surface area contributed by atoms with Crippen molar-refractivity contribution >= 4 is 28.7 Å². The van der Waals surface area contributed by atoms with Crippen LogP contribution in [0.3, 0.4) is 0 Å². The van der Waals surface area contributed by atoms with E-state index in [4.69, 9.17) is 13.7 Å². The number of hydrogen-bond donors (Lipinski definition) is 0. The van der Waals surface area contributed by atoms with Crippen molar-refractivity contribution in [1.29, 1.82) is 0 Å². The molecule has 8 heteroatoms. The Kier molecular flexibility index (Phi) is 4.21. The highest BCUT2D eigenvalue weighted by atomic mass is 16.5. The van der Waals surface area contributed by atoms with E-state index >= 15 is 0 Å². The van der Waals surface area contributed by atoms with Crippen LogP contribution in [0.25, 0.3) is 11.0 Å². The maximum absolute atomic E-state index is 13.4. The molecule has 0 unspecified atom stereocenters. The molecule has 0 saturated heterocycles. The molecule has 1 aliphatic rings. The molecule has 4 aromatic rings. The van der Waals surface area contributed by atoms with Crippen LogP contribution in [0.4, 0.5) is 5.82 Å². The van der Waals surface area contributed by atoms with Gasteiger partial charge in [0, 0.05) is 6.07 Å². The Hall–Kier alpha value is -4.20. The summed E-state index contributed by atoms with van der Waals surface area (Å²) < 4.78 is 15.8. The fourth-order valence-electron chi connectivity index (χ4n) is 3.86. The van der Waals surface area contributed by atoms with Crippen molar-refractivity contribution in [2.75, 3.05) is 12.0 Å². The summed E-state index contributed by atoms with van der Waals surface area (Å²) in [6.07, 6.45) is 0. The lowest BCUT2D eigenvalue weighted by Gasteiger charge is -2.22. The zero-order valence-corrected chi connectivity index (χ0v) is 16.6. The molecule has 31 heavy (non-hydrogen) atoms. The second-order valence-corrected chi connectivity index (χ2v) is 7.16. The lowest BCUT2D eigenvalue weighted by molar-refractivity contribution is 0.0600. The third-order valence-electron chi connectivity index (χ3n) is 5.29. The van der Waals surface area contributed by atoms with E-state index in [9.17, 15) is 14.4 Å². The third kappa shape index (κ3) is 2.83. The van der Waals surface area contributed by atoms with Gasteiger partial charge in [0.15, 0.2) is 11.2 Å². The number of methoxy groups -OCH3 is 1. The number of aryl methyl sites for hydroxylation is 1. The minimum atomic E-state index is -0.792. The van der Waals surface area contributed by atoms with Gasteiger partial charge in [0.05, 0.1) is 29.7 Å². The zero-order chi connectivity index (χ0) is 21.7. The van der Waals surface area contributed by atoms with Crippen molar-refractivity contribution in [3.63, 3.8) is 0 Å². The average molecular weight is 416 g/mol. The first kappa shape index (κ1) is 18.8. The summed E-state index contributed by atoms with van der Waals surface area (Å²) in [6.45, 7) is 1.71. The molecule has 3 heterocycles. The van der Waals surface area contributed by atoms with Crippen LogP contribution >= 0.6 is 0 Å². The number of benzene rings is 2. The molecule has 154 valence electrons. The molecule has 0 fully saturated rings. The van der Waals surface area contributed by atoms with Gasteiger partial charge in [-0.05, 0) is 36.8 Å². The number of nitrogens with zero attached hydrogens (tertiary/aromatic N) is 2. The number of carbonyl (C=O) groups excluding carboxylic acids is 2. The Balaban J connectivity index is 1.75. The van der Waals surface area contributed by atoms with Gasteiger partial charge in [-0.15, -0.1) is 0 Å². The second kappa shape index (κ2) is 6.94. The van der Waals surface area contributed by atoms with Crippen LogP contribution in [-0.2, 0) is 4.74 Å². The number of hydrogen-bond acceptors (Lipinski definition) is 7. The minimum Gasteiger partial charge on any atom is -0.465 e. The highest BCUT2D eigenvalue weighted by Crippen LogP contribution is 2.40. The van der Waals surface area contributed by atoms with Gasteiger partial charge < -0.3 is 13.7 Å². The summed E-state index contributed by atoms with van der Waals surface area (Å²) in [5.74, 6) is -0.231. The molecular formula is C23H16N2O6. The molecule has 2 aromatic carbocycles. The Labute approximate surface area is 175 Å². The number of amides is 1. The van der Waals surface area contributed by atoms with Crippen LogP contribution in [0, 0.1) is 6.92 Å². The Morgan fingerprint density at radius 1 is 1.10 bits per heavy atom. The van der Waals surface area contributed by atoms with Crippen LogP contribution in [0.1, 0.15) is 43.8 Å². The van der Waals surface area contributed by atoms with Gasteiger partial charge in [-0.2, -0.15) is 0 Å². The minimum absolute atomic E-state index is 0.0357. The quantitative estimate of drug-likeness (QED) is 0.470. The molecular weight excluding hydrogens is 400 g/mol. The molecule has 1 amide bonds. The highest BCUT2D eigenvalue weighted by molar-refractivity contribution is 6.10. The lowest BCUT2D eigenvalue weighted by atomic mass is 9.97. The largest absolute Gasteiger partial charge is 0.465 e. The molecule has 5 rings (SSSR count). The second-order valence-electron chi connectivity index (χ2n) is 7.16. The third-order valence-corrected chi connectivity index (χ3v) is 5.29. The Morgan fingerprint density at radius 3 is 2.52 bits per heavy atom. The van der Waals surface area contributed by atoms with Gasteiger partial charge in [-0.1, -0.05) is 29.4 Å². The summed E-state index contributed by atoms with van der Waals surface area (Å²) in [5, 5.41) is 4.36. The van der Waals surface area contributed by atoms with Gasteiger partial charge in [-0.25, -0.2) is 4.79 Å². The topological polar surface area (TPSA) is 103 Å². The summed E-state index contributed by atoms with van der Waals surface area (Å²) in [5.41, 5.74) is 1.22. The fourth-order valence-corrected chi connectivity index (χ4v) is 3.86. The first-order chi connectivity index (χ1) is 15.0. The zero-order valence-electron chi connectivity index (χ0n) is 16.6. The van der Waals surface area contributed by atoms with Gasteiger partial charge >= 0.3 is 5.97 Å². The van der Waals surface area contributed by atoms with Gasteiger partial charge in [0.2, 0.25) is 5.76 Å². The Morgan fingerprint density at radius 2 is 1.84 bits per heavy atom. The van der Waals surface area contributed by atoms with E-state index in [1.807, 2.05) is 0 Å². The number of rotatable bonds is 3. The molecule has 0 radical (unpaired) electrons. The standard InChI is InChI=1S/C23H16N2O6/c1-12-11-17(24-31-12)25-19(13-7-9-14(10-8-13)23(28)29-2)18-20(26)15-5-3-4-6-16(15)30-21(18)22(25)27/h3-11,19H,1-2H3/t19-/m0/s1. The molecule has 2 aromatic heterocycles. The van der Waals surface area contributed by atoms with Crippen LogP contribution in [0.15, 0.2) is 68.3 Å². The summed E-state index contributed by atoms with van der Waals surface area (Å²) in [6, 6.07) is 14.1. The van der Waals surface area contributed by atoms with Gasteiger partial charge in [-0.3, -0.25) is 14.5 Å². The van der Waals surface area contributed by atoms with E-state index in [0.29, 0.717) is 27.9 Å². The van der Waals surface area contributed by atoms with E-state index in [-0.39, 0.29) is 22.6 Å². The molecule has 0 spiro atoms. The molecule has 8 nitrogen and oxygen atoms in total. The maximum Gasteiger partial charge on any atom is 0.337 e. The van der Waals surface area contributed by atoms with Crippen molar-refractivity contribution in [2.24, 2.45) is 0 Å². The van der Waals surface area contributed by atoms with Crippen LogP contribution in [0.2, 0.25) is 0 Å². The first-order valence-corrected chi connectivity index (χ1v) is 9.50. The molecule has 0 aliphatic carbocycles. The molecule has 0 bridgehead atoms. The van der Waals surface area contributed by atoms with Gasteiger partial charge in [0.25, 0.3) is 5.91 Å². The average Bonchev–Trinajstić information content (AvgIpc) is 3.34. The number of fused-ring (bicyclic) bond motifs is 2. The smallest absolute Gasteiger partial charge is 0.337 e. The molecule has 0 saturated carbocycles. The molecule has 1 atom stereocenters. The number of anilines is 1. The van der Waals surface area contributed by atoms with Crippen molar-refractivity contribution in [2.45, 2.75) is 13.0 Å². The number of carbonyl (C=O) groups is 2. The summed E-state index contributed by atoms with van der Waals surface area (Å²) in [7, 11) is 1.30. The predicted octanol–water partition coefficient (Wildman–Crippen LogP) is 3.63. The van der Waals surface area contributed by atoms with E-state index in [1.165, 1.54) is 12.0 Å². The van der Waals surface area contributed by atoms with Gasteiger partial charge in [0.1, 0.15) is 11.3 Å². The summed E-state index contributed by atoms with van der Waals surface area (Å²) in [4.78, 5) is 39.9. The van der Waals surface area contributed by atoms with E-state index in [2.05, 4.69) is 5.16 Å². The number of aromatic nitrogens is 1. The maximum atomic E-state index is 13.4. The lowest BCUT2D eigenvalue weighted by Crippen LogP contribution is -2.29. The van der Waals surface area contributed by atoms with Crippen molar-refractivity contribution < 1.29 is 23.3 Å². The predicted molar refractivity (Wildman–Crippen MR) is 110 cm³/mol. The monoisotopic (exact) mass is 416 g/mol. The molecule has 1 aliphatic heterocycles. The van der Waals surface area contributed by atoms with Crippen molar-refractivity contribution in [1.82, 2.24) is 5.16 Å². The summed E-state index contributed by atoms with van der Waals surface area (Å²) >= 11 is 0. The number of ether oxygens (including phenoxy) is 1. The SMILES string of the molecule is COC(=O)c1ccc([C@H]2c3c(oc4ccccc4c3=O)C(=O)N2c2cc(C)on2)cc1. The van der Waals surface area contributed by atoms with Crippen molar-refractivity contribution in [3.05, 3.63) is 93.0 Å². The molecule has 0 N–H and O–H groups in total. The normalized spacial score (nSPS) is 15.4. The van der Waals surface area contributed by atoms with Crippen LogP contribution in [-0.4, -0.2) is 24.1 Å². The number of esters is 1. The van der Waals surface area contributed by atoms with E-state index < -0.39 is 17.9 Å². The number of para-hydroxylation sites is 1. The van der Waals surface area contributed by atoms with E-state index in [1.54, 1.807) is 61.5 Å². The van der Waals surface area contributed by atoms with E-state index in [0.717, 1.165) is 0 Å². The first-order valence-electron chi connectivity index (χ1n) is 9.50.